The molecule has 1 aromatic heterocycles. The van der Waals surface area contributed by atoms with Gasteiger partial charge < -0.3 is 10.6 Å². The second kappa shape index (κ2) is 5.02. The molecule has 0 atom stereocenters. The number of aromatic nitrogens is 1. The fraction of sp³-hybridized carbons (Fsp3) is 0.583. The average molecular weight is 240 g/mol. The summed E-state index contributed by atoms with van der Waals surface area (Å²) >= 11 is 6.30. The van der Waals surface area contributed by atoms with Crippen LogP contribution in [0.4, 0.5) is 5.82 Å². The van der Waals surface area contributed by atoms with Gasteiger partial charge in [-0.05, 0) is 24.5 Å². The van der Waals surface area contributed by atoms with Crippen LogP contribution in [0, 0.1) is 0 Å². The van der Waals surface area contributed by atoms with Gasteiger partial charge in [0.1, 0.15) is 5.82 Å². The number of rotatable bonds is 3. The molecule has 2 rings (SSSR count). The Bertz CT molecular complexity index is 361. The van der Waals surface area contributed by atoms with Crippen LogP contribution in [0.2, 0.25) is 5.02 Å². The van der Waals surface area contributed by atoms with Gasteiger partial charge in [-0.2, -0.15) is 0 Å². The van der Waals surface area contributed by atoms with Crippen molar-refractivity contribution in [2.75, 3.05) is 11.9 Å². The summed E-state index contributed by atoms with van der Waals surface area (Å²) in [7, 11) is 2.07. The van der Waals surface area contributed by atoms with E-state index in [1.807, 2.05) is 6.07 Å². The lowest BCUT2D eigenvalue weighted by molar-refractivity contribution is 0.646. The van der Waals surface area contributed by atoms with E-state index in [4.69, 9.17) is 17.3 Å². The van der Waals surface area contributed by atoms with E-state index >= 15 is 0 Å². The van der Waals surface area contributed by atoms with Crippen molar-refractivity contribution in [3.05, 3.63) is 22.8 Å². The fourth-order valence-corrected chi connectivity index (χ4v) is 2.66. The van der Waals surface area contributed by atoms with Gasteiger partial charge in [0, 0.05) is 25.8 Å². The quantitative estimate of drug-likeness (QED) is 0.882. The molecule has 16 heavy (non-hydrogen) atoms. The highest BCUT2D eigenvalue weighted by Gasteiger charge is 2.22. The molecule has 0 amide bonds. The van der Waals surface area contributed by atoms with Crippen LogP contribution in [-0.2, 0) is 6.54 Å². The zero-order chi connectivity index (χ0) is 11.5. The minimum atomic E-state index is 0.465. The average Bonchev–Trinajstić information content (AvgIpc) is 2.82. The first-order chi connectivity index (χ1) is 7.74. The van der Waals surface area contributed by atoms with Crippen molar-refractivity contribution in [2.45, 2.75) is 38.3 Å². The summed E-state index contributed by atoms with van der Waals surface area (Å²) < 4.78 is 0. The molecule has 3 nitrogen and oxygen atoms in total. The van der Waals surface area contributed by atoms with Gasteiger partial charge in [0.15, 0.2) is 0 Å². The van der Waals surface area contributed by atoms with Crippen LogP contribution in [0.25, 0.3) is 0 Å². The van der Waals surface area contributed by atoms with Crippen molar-refractivity contribution in [1.82, 2.24) is 4.98 Å². The number of pyridine rings is 1. The summed E-state index contributed by atoms with van der Waals surface area (Å²) in [5.41, 5.74) is 6.61. The molecule has 1 saturated carbocycles. The Balaban J connectivity index is 2.25. The molecule has 1 heterocycles. The number of nitrogens with two attached hydrogens (primary N) is 1. The van der Waals surface area contributed by atoms with Crippen molar-refractivity contribution in [2.24, 2.45) is 5.73 Å². The minimum absolute atomic E-state index is 0.465. The molecule has 1 aliphatic rings. The zero-order valence-corrected chi connectivity index (χ0v) is 10.4. The Kier molecular flexibility index (Phi) is 3.66. The highest BCUT2D eigenvalue weighted by Crippen LogP contribution is 2.31. The molecule has 0 unspecified atom stereocenters. The van der Waals surface area contributed by atoms with E-state index in [9.17, 15) is 0 Å². The monoisotopic (exact) mass is 239 g/mol. The third-order valence-corrected chi connectivity index (χ3v) is 3.79. The van der Waals surface area contributed by atoms with Crippen molar-refractivity contribution in [3.8, 4) is 0 Å². The van der Waals surface area contributed by atoms with Crippen LogP contribution in [0.15, 0.2) is 12.3 Å². The summed E-state index contributed by atoms with van der Waals surface area (Å²) in [6.45, 7) is 0.465. The Hall–Kier alpha value is -0.800. The number of anilines is 1. The van der Waals surface area contributed by atoms with Gasteiger partial charge in [-0.15, -0.1) is 0 Å². The van der Waals surface area contributed by atoms with E-state index in [2.05, 4.69) is 16.9 Å². The molecular formula is C12H18ClN3. The molecule has 1 aromatic rings. The van der Waals surface area contributed by atoms with Crippen molar-refractivity contribution < 1.29 is 0 Å². The second-order valence-electron chi connectivity index (χ2n) is 4.36. The van der Waals surface area contributed by atoms with E-state index in [-0.39, 0.29) is 0 Å². The fourth-order valence-electron chi connectivity index (χ4n) is 2.34. The van der Waals surface area contributed by atoms with Crippen molar-refractivity contribution in [1.29, 1.82) is 0 Å². The predicted molar refractivity (Wildman–Crippen MR) is 67.8 cm³/mol. The number of hydrogen-bond acceptors (Lipinski definition) is 3. The van der Waals surface area contributed by atoms with Crippen molar-refractivity contribution >= 4 is 17.4 Å². The summed E-state index contributed by atoms with van der Waals surface area (Å²) in [4.78, 5) is 6.57. The van der Waals surface area contributed by atoms with Crippen LogP contribution in [0.5, 0.6) is 0 Å². The maximum absolute atomic E-state index is 6.30. The van der Waals surface area contributed by atoms with Gasteiger partial charge in [0.25, 0.3) is 0 Å². The van der Waals surface area contributed by atoms with E-state index in [0.29, 0.717) is 17.6 Å². The standard InChI is InChI=1S/C12H18ClN3/c1-16(10-4-2-3-5-10)12-11(13)9(8-14)6-7-15-12/h6-7,10H,2-5,8,14H2,1H3. The van der Waals surface area contributed by atoms with Gasteiger partial charge >= 0.3 is 0 Å². The molecule has 88 valence electrons. The van der Waals surface area contributed by atoms with Gasteiger partial charge in [0.05, 0.1) is 5.02 Å². The van der Waals surface area contributed by atoms with E-state index in [0.717, 1.165) is 11.4 Å². The molecule has 2 N–H and O–H groups in total. The molecule has 0 radical (unpaired) electrons. The summed E-state index contributed by atoms with van der Waals surface area (Å²) in [5.74, 6) is 0.872. The highest BCUT2D eigenvalue weighted by atomic mass is 35.5. The van der Waals surface area contributed by atoms with Crippen LogP contribution in [0.3, 0.4) is 0 Å². The van der Waals surface area contributed by atoms with Crippen LogP contribution < -0.4 is 10.6 Å². The number of nitrogens with zero attached hydrogens (tertiary/aromatic N) is 2. The maximum atomic E-state index is 6.30. The van der Waals surface area contributed by atoms with Crippen LogP contribution in [0.1, 0.15) is 31.2 Å². The molecule has 1 aliphatic carbocycles. The molecule has 1 fully saturated rings. The second-order valence-corrected chi connectivity index (χ2v) is 4.74. The largest absolute Gasteiger partial charge is 0.355 e. The zero-order valence-electron chi connectivity index (χ0n) is 9.62. The lowest BCUT2D eigenvalue weighted by atomic mass is 10.2. The first kappa shape index (κ1) is 11.7. The van der Waals surface area contributed by atoms with Gasteiger partial charge in [-0.3, -0.25) is 0 Å². The molecular weight excluding hydrogens is 222 g/mol. The highest BCUT2D eigenvalue weighted by molar-refractivity contribution is 6.33. The lowest BCUT2D eigenvalue weighted by Crippen LogP contribution is -2.30. The predicted octanol–water partition coefficient (Wildman–Crippen LogP) is 2.57. The Morgan fingerprint density at radius 1 is 1.50 bits per heavy atom. The Labute approximate surface area is 102 Å². The molecule has 4 heteroatoms. The summed E-state index contributed by atoms with van der Waals surface area (Å²) in [5, 5.41) is 0.708. The van der Waals surface area contributed by atoms with E-state index in [1.54, 1.807) is 6.20 Å². The Morgan fingerprint density at radius 3 is 2.81 bits per heavy atom. The van der Waals surface area contributed by atoms with Gasteiger partial charge in [-0.1, -0.05) is 24.4 Å². The van der Waals surface area contributed by atoms with Crippen LogP contribution >= 0.6 is 11.6 Å². The van der Waals surface area contributed by atoms with Crippen LogP contribution in [-0.4, -0.2) is 18.1 Å². The first-order valence-corrected chi connectivity index (χ1v) is 6.18. The molecule has 0 bridgehead atoms. The maximum Gasteiger partial charge on any atom is 0.147 e. The molecule has 0 aliphatic heterocycles. The first-order valence-electron chi connectivity index (χ1n) is 5.80. The Morgan fingerprint density at radius 2 is 2.19 bits per heavy atom. The molecule has 0 spiro atoms. The van der Waals surface area contributed by atoms with E-state index < -0.39 is 0 Å². The minimum Gasteiger partial charge on any atom is -0.355 e. The third-order valence-electron chi connectivity index (χ3n) is 3.38. The van der Waals surface area contributed by atoms with Gasteiger partial charge in [-0.25, -0.2) is 4.98 Å². The van der Waals surface area contributed by atoms with Gasteiger partial charge in [0.2, 0.25) is 0 Å². The number of hydrogen-bond donors (Lipinski definition) is 1. The third kappa shape index (κ3) is 2.15. The normalized spacial score (nSPS) is 16.7. The molecule has 0 aromatic carbocycles. The summed E-state index contributed by atoms with van der Waals surface area (Å²) in [6, 6.07) is 2.46. The van der Waals surface area contributed by atoms with Crippen molar-refractivity contribution in [3.63, 3.8) is 0 Å². The smallest absolute Gasteiger partial charge is 0.147 e. The topological polar surface area (TPSA) is 42.2 Å². The SMILES string of the molecule is CN(c1nccc(CN)c1Cl)C1CCCC1. The lowest BCUT2D eigenvalue weighted by Gasteiger charge is -2.26. The van der Waals surface area contributed by atoms with E-state index in [1.165, 1.54) is 25.7 Å². The molecule has 0 saturated heterocycles. The summed E-state index contributed by atoms with van der Waals surface area (Å²) in [6.07, 6.45) is 6.88. The number of halogens is 1.